The van der Waals surface area contributed by atoms with Crippen molar-refractivity contribution in [1.82, 2.24) is 10.6 Å². The molecule has 0 fully saturated rings. The number of hydrogen-bond donors (Lipinski definition) is 3. The summed E-state index contributed by atoms with van der Waals surface area (Å²) in [5, 5.41) is 13.3. The van der Waals surface area contributed by atoms with Crippen LogP contribution in [0.3, 0.4) is 0 Å². The van der Waals surface area contributed by atoms with E-state index in [0.29, 0.717) is 0 Å². The predicted octanol–water partition coefficient (Wildman–Crippen LogP) is -0.214. The van der Waals surface area contributed by atoms with E-state index in [1.807, 2.05) is 6.92 Å². The Morgan fingerprint density at radius 2 is 2.19 bits per heavy atom. The van der Waals surface area contributed by atoms with E-state index in [4.69, 9.17) is 9.84 Å². The lowest BCUT2D eigenvalue weighted by molar-refractivity contribution is -0.122. The number of alkyl carbamates (subject to hydrolysis) is 1. The highest BCUT2D eigenvalue weighted by atomic mass is 16.5. The van der Waals surface area contributed by atoms with Crippen LogP contribution < -0.4 is 10.6 Å². The second-order valence-electron chi connectivity index (χ2n) is 3.05. The highest BCUT2D eigenvalue weighted by Crippen LogP contribution is 1.86. The molecule has 0 heterocycles. The van der Waals surface area contributed by atoms with Crippen LogP contribution in [0.4, 0.5) is 4.79 Å². The quantitative estimate of drug-likeness (QED) is 0.551. The Bertz CT molecular complexity index is 253. The molecule has 0 aromatic rings. The zero-order valence-corrected chi connectivity index (χ0v) is 9.53. The molecule has 0 saturated heterocycles. The SMILES string of the molecule is C/C=C/COC(=O)NC(C)C(=O)NCCO. The molecule has 0 aromatic carbocycles. The Hall–Kier alpha value is -1.56. The number of carbonyl (C=O) groups is 2. The zero-order chi connectivity index (χ0) is 12.4. The molecule has 3 N–H and O–H groups in total. The van der Waals surface area contributed by atoms with Crippen LogP contribution in [-0.4, -0.2) is 42.9 Å². The Morgan fingerprint density at radius 1 is 1.50 bits per heavy atom. The van der Waals surface area contributed by atoms with Crippen LogP contribution in [0.1, 0.15) is 13.8 Å². The summed E-state index contributed by atoms with van der Waals surface area (Å²) in [5.74, 6) is -0.364. The Morgan fingerprint density at radius 3 is 2.75 bits per heavy atom. The van der Waals surface area contributed by atoms with Crippen molar-refractivity contribution in [3.63, 3.8) is 0 Å². The van der Waals surface area contributed by atoms with Gasteiger partial charge in [0.05, 0.1) is 6.61 Å². The van der Waals surface area contributed by atoms with Crippen molar-refractivity contribution < 1.29 is 19.4 Å². The summed E-state index contributed by atoms with van der Waals surface area (Å²) in [6, 6.07) is -0.690. The monoisotopic (exact) mass is 230 g/mol. The molecule has 92 valence electrons. The van der Waals surface area contributed by atoms with Gasteiger partial charge in [-0.3, -0.25) is 4.79 Å². The number of aliphatic hydroxyl groups is 1. The molecule has 0 aliphatic rings. The van der Waals surface area contributed by atoms with Gasteiger partial charge in [0.15, 0.2) is 0 Å². The van der Waals surface area contributed by atoms with E-state index in [-0.39, 0.29) is 25.7 Å². The maximum Gasteiger partial charge on any atom is 0.408 e. The average Bonchev–Trinajstić information content (AvgIpc) is 2.26. The molecule has 0 aliphatic carbocycles. The molecule has 0 spiro atoms. The zero-order valence-electron chi connectivity index (χ0n) is 9.53. The summed E-state index contributed by atoms with van der Waals surface area (Å²) in [4.78, 5) is 22.4. The van der Waals surface area contributed by atoms with E-state index < -0.39 is 12.1 Å². The average molecular weight is 230 g/mol. The van der Waals surface area contributed by atoms with E-state index in [1.165, 1.54) is 6.92 Å². The molecule has 6 heteroatoms. The fourth-order valence-corrected chi connectivity index (χ4v) is 0.836. The Kier molecular flexibility index (Phi) is 7.87. The molecule has 1 atom stereocenters. The van der Waals surface area contributed by atoms with Gasteiger partial charge in [-0.1, -0.05) is 12.2 Å². The molecule has 6 nitrogen and oxygen atoms in total. The minimum absolute atomic E-state index is 0.135. The minimum atomic E-state index is -0.690. The minimum Gasteiger partial charge on any atom is -0.445 e. The largest absolute Gasteiger partial charge is 0.445 e. The molecule has 2 amide bonds. The molecule has 0 aromatic heterocycles. The van der Waals surface area contributed by atoms with Crippen molar-refractivity contribution in [2.24, 2.45) is 0 Å². The fourth-order valence-electron chi connectivity index (χ4n) is 0.836. The highest BCUT2D eigenvalue weighted by Gasteiger charge is 2.14. The van der Waals surface area contributed by atoms with E-state index >= 15 is 0 Å². The number of carbonyl (C=O) groups excluding carboxylic acids is 2. The molecular formula is C10H18N2O4. The summed E-state index contributed by atoms with van der Waals surface area (Å²) < 4.78 is 4.74. The van der Waals surface area contributed by atoms with E-state index in [1.54, 1.807) is 12.2 Å². The molecule has 0 aliphatic heterocycles. The number of rotatable bonds is 6. The van der Waals surface area contributed by atoms with Crippen LogP contribution in [0, 0.1) is 0 Å². The maximum atomic E-state index is 11.3. The van der Waals surface area contributed by atoms with Crippen molar-refractivity contribution in [2.45, 2.75) is 19.9 Å². The molecule has 0 saturated carbocycles. The number of hydrogen-bond acceptors (Lipinski definition) is 4. The van der Waals surface area contributed by atoms with Gasteiger partial charge in [-0.25, -0.2) is 4.79 Å². The smallest absolute Gasteiger partial charge is 0.408 e. The first kappa shape index (κ1) is 14.4. The number of ether oxygens (including phenoxy) is 1. The third-order valence-electron chi connectivity index (χ3n) is 1.69. The lowest BCUT2D eigenvalue weighted by Gasteiger charge is -2.13. The van der Waals surface area contributed by atoms with Crippen molar-refractivity contribution >= 4 is 12.0 Å². The van der Waals surface area contributed by atoms with E-state index in [0.717, 1.165) is 0 Å². The van der Waals surface area contributed by atoms with Gasteiger partial charge in [0.1, 0.15) is 12.6 Å². The van der Waals surface area contributed by atoms with Gasteiger partial charge in [0.2, 0.25) is 5.91 Å². The lowest BCUT2D eigenvalue weighted by atomic mass is 10.3. The van der Waals surface area contributed by atoms with Crippen LogP contribution >= 0.6 is 0 Å². The van der Waals surface area contributed by atoms with Crippen LogP contribution in [0.25, 0.3) is 0 Å². The van der Waals surface area contributed by atoms with Gasteiger partial charge in [0, 0.05) is 6.54 Å². The maximum absolute atomic E-state index is 11.3. The predicted molar refractivity (Wildman–Crippen MR) is 58.9 cm³/mol. The van der Waals surface area contributed by atoms with E-state index in [9.17, 15) is 9.59 Å². The van der Waals surface area contributed by atoms with Gasteiger partial charge in [0.25, 0.3) is 0 Å². The van der Waals surface area contributed by atoms with E-state index in [2.05, 4.69) is 10.6 Å². The number of nitrogens with one attached hydrogen (secondary N) is 2. The fraction of sp³-hybridized carbons (Fsp3) is 0.600. The van der Waals surface area contributed by atoms with Crippen LogP contribution in [-0.2, 0) is 9.53 Å². The summed E-state index contributed by atoms with van der Waals surface area (Å²) in [7, 11) is 0. The third kappa shape index (κ3) is 6.83. The number of amides is 2. The summed E-state index contributed by atoms with van der Waals surface area (Å²) in [5.41, 5.74) is 0. The van der Waals surface area contributed by atoms with Crippen LogP contribution in [0.5, 0.6) is 0 Å². The Balaban J connectivity index is 3.80. The second kappa shape index (κ2) is 8.72. The first-order valence-electron chi connectivity index (χ1n) is 5.04. The van der Waals surface area contributed by atoms with Crippen molar-refractivity contribution in [3.05, 3.63) is 12.2 Å². The second-order valence-corrected chi connectivity index (χ2v) is 3.05. The lowest BCUT2D eigenvalue weighted by Crippen LogP contribution is -2.45. The van der Waals surface area contributed by atoms with Gasteiger partial charge < -0.3 is 20.5 Å². The summed E-state index contributed by atoms with van der Waals surface area (Å²) in [6.07, 6.45) is 2.78. The van der Waals surface area contributed by atoms with Gasteiger partial charge in [-0.05, 0) is 13.8 Å². The molecule has 1 unspecified atom stereocenters. The molecule has 0 bridgehead atoms. The first-order chi connectivity index (χ1) is 7.61. The third-order valence-corrected chi connectivity index (χ3v) is 1.69. The summed E-state index contributed by atoms with van der Waals surface area (Å²) >= 11 is 0. The van der Waals surface area contributed by atoms with Crippen molar-refractivity contribution in [3.8, 4) is 0 Å². The standard InChI is InChI=1S/C10H18N2O4/c1-3-4-7-16-10(15)12-8(2)9(14)11-5-6-13/h3-4,8,13H,5-7H2,1-2H3,(H,11,14)(H,12,15)/b4-3+. The first-order valence-corrected chi connectivity index (χ1v) is 5.04. The summed E-state index contributed by atoms with van der Waals surface area (Å²) in [6.45, 7) is 3.55. The Labute approximate surface area is 94.7 Å². The molecular weight excluding hydrogens is 212 g/mol. The molecule has 0 radical (unpaired) electrons. The van der Waals surface area contributed by atoms with Gasteiger partial charge in [-0.2, -0.15) is 0 Å². The normalized spacial score (nSPS) is 12.2. The van der Waals surface area contributed by atoms with Crippen molar-refractivity contribution in [1.29, 1.82) is 0 Å². The van der Waals surface area contributed by atoms with Crippen LogP contribution in [0.15, 0.2) is 12.2 Å². The molecule has 0 rings (SSSR count). The number of allylic oxidation sites excluding steroid dienone is 1. The van der Waals surface area contributed by atoms with Gasteiger partial charge in [-0.15, -0.1) is 0 Å². The topological polar surface area (TPSA) is 87.7 Å². The highest BCUT2D eigenvalue weighted by molar-refractivity contribution is 5.85. The molecule has 16 heavy (non-hydrogen) atoms. The van der Waals surface area contributed by atoms with Gasteiger partial charge >= 0.3 is 6.09 Å². The number of aliphatic hydroxyl groups excluding tert-OH is 1. The van der Waals surface area contributed by atoms with Crippen LogP contribution in [0.2, 0.25) is 0 Å². The van der Waals surface area contributed by atoms with Crippen molar-refractivity contribution in [2.75, 3.05) is 19.8 Å².